The van der Waals surface area contributed by atoms with Gasteiger partial charge >= 0.3 is 0 Å². The summed E-state index contributed by atoms with van der Waals surface area (Å²) in [5, 5.41) is 2.95. The molecule has 2 aromatic rings. The maximum Gasteiger partial charge on any atom is 0.243 e. The molecular formula is C24H32N2O6S. The van der Waals surface area contributed by atoms with Gasteiger partial charge in [-0.15, -0.1) is 0 Å². The Morgan fingerprint density at radius 3 is 2.48 bits per heavy atom. The first-order valence-electron chi connectivity index (χ1n) is 11.1. The first-order valence-corrected chi connectivity index (χ1v) is 12.5. The van der Waals surface area contributed by atoms with Gasteiger partial charge in [0.25, 0.3) is 0 Å². The quantitative estimate of drug-likeness (QED) is 0.567. The molecule has 180 valence electrons. The van der Waals surface area contributed by atoms with Gasteiger partial charge in [-0.1, -0.05) is 6.07 Å². The summed E-state index contributed by atoms with van der Waals surface area (Å²) in [4.78, 5) is 13.0. The summed E-state index contributed by atoms with van der Waals surface area (Å²) in [6.07, 6.45) is 1.94. The predicted octanol–water partition coefficient (Wildman–Crippen LogP) is 2.86. The van der Waals surface area contributed by atoms with E-state index in [2.05, 4.69) is 5.32 Å². The molecule has 33 heavy (non-hydrogen) atoms. The first kappa shape index (κ1) is 24.9. The lowest BCUT2D eigenvalue weighted by molar-refractivity contribution is -0.126. The molecule has 0 aromatic heterocycles. The summed E-state index contributed by atoms with van der Waals surface area (Å²) in [5.41, 5.74) is 1.01. The van der Waals surface area contributed by atoms with E-state index < -0.39 is 10.0 Å². The van der Waals surface area contributed by atoms with Crippen LogP contribution in [0, 0.1) is 5.92 Å². The highest BCUT2D eigenvalue weighted by Gasteiger charge is 2.33. The minimum Gasteiger partial charge on any atom is -0.494 e. The number of nitrogens with zero attached hydrogens (tertiary/aromatic N) is 1. The zero-order valence-corrected chi connectivity index (χ0v) is 20.2. The molecule has 1 N–H and O–H groups in total. The summed E-state index contributed by atoms with van der Waals surface area (Å²) in [5.74, 6) is 1.43. The minimum atomic E-state index is -3.67. The highest BCUT2D eigenvalue weighted by atomic mass is 32.2. The van der Waals surface area contributed by atoms with Crippen molar-refractivity contribution in [2.45, 2.75) is 31.1 Å². The van der Waals surface area contributed by atoms with E-state index in [1.807, 2.05) is 25.1 Å². The van der Waals surface area contributed by atoms with E-state index >= 15 is 0 Å². The molecule has 1 aliphatic rings. The summed E-state index contributed by atoms with van der Waals surface area (Å²) >= 11 is 0. The number of nitrogens with one attached hydrogen (secondary N) is 1. The van der Waals surface area contributed by atoms with Gasteiger partial charge in [0, 0.05) is 19.6 Å². The van der Waals surface area contributed by atoms with E-state index in [0.717, 1.165) is 5.56 Å². The molecule has 9 heteroatoms. The second-order valence-electron chi connectivity index (χ2n) is 7.84. The molecule has 3 rings (SSSR count). The van der Waals surface area contributed by atoms with E-state index in [9.17, 15) is 13.2 Å². The van der Waals surface area contributed by atoms with E-state index in [4.69, 9.17) is 14.2 Å². The molecule has 1 fully saturated rings. The molecule has 1 atom stereocenters. The zero-order valence-electron chi connectivity index (χ0n) is 19.4. The molecule has 1 amide bonds. The predicted molar refractivity (Wildman–Crippen MR) is 125 cm³/mol. The van der Waals surface area contributed by atoms with Gasteiger partial charge in [0.05, 0.1) is 31.6 Å². The van der Waals surface area contributed by atoms with Crippen LogP contribution in [0.3, 0.4) is 0 Å². The van der Waals surface area contributed by atoms with E-state index in [1.165, 1.54) is 4.31 Å². The number of benzene rings is 2. The molecule has 0 aliphatic carbocycles. The summed E-state index contributed by atoms with van der Waals surface area (Å²) in [6.45, 7) is 3.43. The van der Waals surface area contributed by atoms with E-state index in [0.29, 0.717) is 56.2 Å². The fourth-order valence-corrected chi connectivity index (χ4v) is 5.43. The van der Waals surface area contributed by atoms with Crippen molar-refractivity contribution in [3.05, 3.63) is 48.0 Å². The zero-order chi connectivity index (χ0) is 23.8. The maximum atomic E-state index is 13.1. The number of hydrogen-bond donors (Lipinski definition) is 1. The fourth-order valence-electron chi connectivity index (χ4n) is 3.91. The highest BCUT2D eigenvalue weighted by Crippen LogP contribution is 2.28. The minimum absolute atomic E-state index is 0.123. The summed E-state index contributed by atoms with van der Waals surface area (Å²) < 4.78 is 43.5. The topological polar surface area (TPSA) is 94.2 Å². The Hall–Kier alpha value is -2.78. The molecule has 1 aliphatic heterocycles. The lowest BCUT2D eigenvalue weighted by Gasteiger charge is -2.31. The lowest BCUT2D eigenvalue weighted by Crippen LogP contribution is -2.45. The van der Waals surface area contributed by atoms with Gasteiger partial charge in [-0.3, -0.25) is 4.79 Å². The van der Waals surface area contributed by atoms with E-state index in [1.54, 1.807) is 38.5 Å². The van der Waals surface area contributed by atoms with Crippen LogP contribution in [0.5, 0.6) is 17.2 Å². The van der Waals surface area contributed by atoms with Gasteiger partial charge in [0.2, 0.25) is 15.9 Å². The van der Waals surface area contributed by atoms with Crippen LogP contribution < -0.4 is 19.5 Å². The number of methoxy groups -OCH3 is 2. The molecule has 1 heterocycles. The largest absolute Gasteiger partial charge is 0.494 e. The van der Waals surface area contributed by atoms with Crippen LogP contribution in [0.4, 0.5) is 0 Å². The monoisotopic (exact) mass is 476 g/mol. The number of hydrogen-bond acceptors (Lipinski definition) is 6. The third-order valence-corrected chi connectivity index (χ3v) is 7.57. The number of sulfonamides is 1. The number of piperidine rings is 1. The van der Waals surface area contributed by atoms with Gasteiger partial charge in [0.1, 0.15) is 5.75 Å². The van der Waals surface area contributed by atoms with Crippen LogP contribution in [-0.2, 0) is 21.2 Å². The van der Waals surface area contributed by atoms with Crippen LogP contribution in [-0.4, -0.2) is 59.1 Å². The third kappa shape index (κ3) is 6.17. The SMILES string of the molecule is CCOc1ccc(S(=O)(=O)N2CCC[C@@H](C(=O)NCCc3ccc(OC)c(OC)c3)C2)cc1. The number of rotatable bonds is 10. The standard InChI is InChI=1S/C24H32N2O6S/c1-4-32-20-8-10-21(11-9-20)33(28,29)26-15-5-6-19(17-26)24(27)25-14-13-18-7-12-22(30-2)23(16-18)31-3/h7-12,16,19H,4-6,13-15,17H2,1-3H3,(H,25,27)/t19-/m1/s1. The Morgan fingerprint density at radius 1 is 1.09 bits per heavy atom. The second-order valence-corrected chi connectivity index (χ2v) is 9.77. The van der Waals surface area contributed by atoms with Crippen molar-refractivity contribution in [1.82, 2.24) is 9.62 Å². The number of carbonyl (C=O) groups excluding carboxylic acids is 1. The highest BCUT2D eigenvalue weighted by molar-refractivity contribution is 7.89. The van der Waals surface area contributed by atoms with Crippen molar-refractivity contribution in [2.24, 2.45) is 5.92 Å². The number of ether oxygens (including phenoxy) is 3. The number of carbonyl (C=O) groups is 1. The van der Waals surface area contributed by atoms with Crippen molar-refractivity contribution in [1.29, 1.82) is 0 Å². The van der Waals surface area contributed by atoms with Crippen LogP contribution in [0.15, 0.2) is 47.4 Å². The average molecular weight is 477 g/mol. The third-order valence-electron chi connectivity index (χ3n) is 5.69. The van der Waals surface area contributed by atoms with Crippen LogP contribution in [0.2, 0.25) is 0 Å². The Balaban J connectivity index is 1.56. The number of amides is 1. The van der Waals surface area contributed by atoms with Crippen molar-refractivity contribution in [3.8, 4) is 17.2 Å². The van der Waals surface area contributed by atoms with Crippen molar-refractivity contribution in [3.63, 3.8) is 0 Å². The second kappa shape index (κ2) is 11.4. The summed E-state index contributed by atoms with van der Waals surface area (Å²) in [7, 11) is -0.498. The average Bonchev–Trinajstić information content (AvgIpc) is 2.84. The Bertz CT molecular complexity index is 1040. The van der Waals surface area contributed by atoms with Gasteiger partial charge in [-0.05, 0) is 68.1 Å². The molecule has 8 nitrogen and oxygen atoms in total. The summed E-state index contributed by atoms with van der Waals surface area (Å²) in [6, 6.07) is 12.0. The Labute approximate surface area is 195 Å². The smallest absolute Gasteiger partial charge is 0.243 e. The molecule has 0 bridgehead atoms. The molecule has 1 saturated heterocycles. The van der Waals surface area contributed by atoms with Gasteiger partial charge in [-0.25, -0.2) is 8.42 Å². The molecule has 0 spiro atoms. The van der Waals surface area contributed by atoms with Gasteiger partial charge in [0.15, 0.2) is 11.5 Å². The molecule has 0 saturated carbocycles. The lowest BCUT2D eigenvalue weighted by atomic mass is 9.99. The first-order chi connectivity index (χ1) is 15.9. The van der Waals surface area contributed by atoms with Crippen LogP contribution in [0.25, 0.3) is 0 Å². The fraction of sp³-hybridized carbons (Fsp3) is 0.458. The van der Waals surface area contributed by atoms with Crippen LogP contribution >= 0.6 is 0 Å². The molecule has 0 radical (unpaired) electrons. The van der Waals surface area contributed by atoms with Gasteiger partial charge < -0.3 is 19.5 Å². The maximum absolute atomic E-state index is 13.1. The molecule has 0 unspecified atom stereocenters. The van der Waals surface area contributed by atoms with Crippen molar-refractivity contribution >= 4 is 15.9 Å². The van der Waals surface area contributed by atoms with Crippen LogP contribution in [0.1, 0.15) is 25.3 Å². The van der Waals surface area contributed by atoms with Crippen molar-refractivity contribution < 1.29 is 27.4 Å². The normalized spacial score (nSPS) is 16.8. The Kier molecular flexibility index (Phi) is 8.57. The van der Waals surface area contributed by atoms with Crippen molar-refractivity contribution in [2.75, 3.05) is 40.5 Å². The molecular weight excluding hydrogens is 444 g/mol. The van der Waals surface area contributed by atoms with E-state index in [-0.39, 0.29) is 23.3 Å². The molecule has 2 aromatic carbocycles. The van der Waals surface area contributed by atoms with Gasteiger partial charge in [-0.2, -0.15) is 4.31 Å². The Morgan fingerprint density at radius 2 is 1.82 bits per heavy atom.